The van der Waals surface area contributed by atoms with Gasteiger partial charge in [0, 0.05) is 11.1 Å². The van der Waals surface area contributed by atoms with E-state index in [4.69, 9.17) is 0 Å². The molecule has 0 heterocycles. The maximum atomic E-state index is 12.9. The van der Waals surface area contributed by atoms with Crippen molar-refractivity contribution >= 4 is 23.4 Å². The van der Waals surface area contributed by atoms with Gasteiger partial charge < -0.3 is 16.0 Å². The minimum atomic E-state index is -0.334. The maximum absolute atomic E-state index is 12.9. The molecule has 0 radical (unpaired) electrons. The summed E-state index contributed by atoms with van der Waals surface area (Å²) in [5.74, 6) is 1.49. The Morgan fingerprint density at radius 3 is 1.93 bits per heavy atom. The van der Waals surface area contributed by atoms with Gasteiger partial charge in [0.2, 0.25) is 17.7 Å². The zero-order valence-corrected chi connectivity index (χ0v) is 17.3. The molecule has 4 bridgehead atoms. The first kappa shape index (κ1) is 19.9. The zero-order chi connectivity index (χ0) is 20.6. The Morgan fingerprint density at radius 2 is 1.38 bits per heavy atom. The number of hydrogen-bond donors (Lipinski definition) is 3. The fourth-order valence-electron chi connectivity index (χ4n) is 6.17. The second-order valence-corrected chi connectivity index (χ2v) is 9.47. The molecule has 1 aromatic carbocycles. The number of benzene rings is 1. The molecule has 6 heteroatoms. The van der Waals surface area contributed by atoms with Gasteiger partial charge in [0.1, 0.15) is 0 Å². The van der Waals surface area contributed by atoms with E-state index in [1.807, 2.05) is 32.0 Å². The van der Waals surface area contributed by atoms with Crippen LogP contribution in [0.15, 0.2) is 18.2 Å². The molecule has 4 fully saturated rings. The van der Waals surface area contributed by atoms with E-state index in [2.05, 4.69) is 16.0 Å². The first-order valence-corrected chi connectivity index (χ1v) is 10.8. The number of nitrogens with one attached hydrogen (secondary N) is 3. The van der Waals surface area contributed by atoms with Crippen molar-refractivity contribution in [3.8, 4) is 0 Å². The lowest BCUT2D eigenvalue weighted by Crippen LogP contribution is -2.54. The summed E-state index contributed by atoms with van der Waals surface area (Å²) in [6, 6.07) is 5.80. The van der Waals surface area contributed by atoms with Gasteiger partial charge in [-0.1, -0.05) is 18.2 Å². The Labute approximate surface area is 172 Å². The predicted octanol–water partition coefficient (Wildman–Crippen LogP) is 2.69. The lowest BCUT2D eigenvalue weighted by atomic mass is 9.49. The third-order valence-electron chi connectivity index (χ3n) is 7.12. The van der Waals surface area contributed by atoms with Crippen LogP contribution < -0.4 is 16.0 Å². The van der Waals surface area contributed by atoms with Gasteiger partial charge in [-0.05, 0) is 81.3 Å². The molecule has 0 spiro atoms. The van der Waals surface area contributed by atoms with E-state index in [0.29, 0.717) is 17.8 Å². The minimum Gasteiger partial charge on any atom is -0.347 e. The lowest BCUT2D eigenvalue weighted by molar-refractivity contribution is -0.147. The molecule has 0 aromatic heterocycles. The summed E-state index contributed by atoms with van der Waals surface area (Å²) in [6.07, 6.45) is 6.77. The highest BCUT2D eigenvalue weighted by Gasteiger charge is 2.54. The summed E-state index contributed by atoms with van der Waals surface area (Å²) in [5, 5.41) is 8.30. The smallest absolute Gasteiger partial charge is 0.243 e. The van der Waals surface area contributed by atoms with Crippen LogP contribution in [0.1, 0.15) is 49.7 Å². The van der Waals surface area contributed by atoms with Crippen LogP contribution in [0.2, 0.25) is 0 Å². The van der Waals surface area contributed by atoms with E-state index in [-0.39, 0.29) is 36.2 Å². The lowest BCUT2D eigenvalue weighted by Gasteiger charge is -2.55. The van der Waals surface area contributed by atoms with Crippen LogP contribution in [-0.4, -0.2) is 30.8 Å². The fourth-order valence-corrected chi connectivity index (χ4v) is 6.17. The molecule has 4 aliphatic rings. The molecule has 6 nitrogen and oxygen atoms in total. The Kier molecular flexibility index (Phi) is 5.36. The molecule has 3 N–H and O–H groups in total. The highest BCUT2D eigenvalue weighted by molar-refractivity contribution is 5.96. The van der Waals surface area contributed by atoms with Gasteiger partial charge in [-0.3, -0.25) is 14.4 Å². The third kappa shape index (κ3) is 4.16. The number of aryl methyl sites for hydroxylation is 2. The fraction of sp³-hybridized carbons (Fsp3) is 0.609. The molecular formula is C23H31N3O3. The van der Waals surface area contributed by atoms with Crippen LogP contribution in [0.3, 0.4) is 0 Å². The van der Waals surface area contributed by atoms with Gasteiger partial charge in [0.05, 0.1) is 13.1 Å². The largest absolute Gasteiger partial charge is 0.347 e. The normalized spacial score (nSPS) is 29.4. The average molecular weight is 398 g/mol. The quantitative estimate of drug-likeness (QED) is 0.690. The van der Waals surface area contributed by atoms with Crippen molar-refractivity contribution in [3.63, 3.8) is 0 Å². The summed E-state index contributed by atoms with van der Waals surface area (Å²) >= 11 is 0. The van der Waals surface area contributed by atoms with E-state index in [0.717, 1.165) is 36.1 Å². The Bertz CT molecular complexity index is 777. The van der Waals surface area contributed by atoms with Crippen molar-refractivity contribution in [3.05, 3.63) is 29.3 Å². The summed E-state index contributed by atoms with van der Waals surface area (Å²) in [5.41, 5.74) is 2.48. The van der Waals surface area contributed by atoms with E-state index < -0.39 is 0 Å². The Balaban J connectivity index is 1.23. The van der Waals surface area contributed by atoms with E-state index in [1.54, 1.807) is 0 Å². The topological polar surface area (TPSA) is 87.3 Å². The molecule has 0 saturated heterocycles. The molecule has 0 atom stereocenters. The molecule has 3 amide bonds. The SMILES string of the molecule is Cc1cccc(C)c1NC(=O)CNC(=O)CNC(=O)C12CC3CC(CC(C3)C1)C2. The molecule has 156 valence electrons. The van der Waals surface area contributed by atoms with Crippen LogP contribution in [0, 0.1) is 37.0 Å². The van der Waals surface area contributed by atoms with Crippen molar-refractivity contribution in [1.29, 1.82) is 0 Å². The second kappa shape index (κ2) is 7.81. The minimum absolute atomic E-state index is 0.0340. The molecular weight excluding hydrogens is 366 g/mol. The molecule has 0 aliphatic heterocycles. The highest BCUT2D eigenvalue weighted by Crippen LogP contribution is 2.60. The van der Waals surface area contributed by atoms with Crippen LogP contribution in [0.25, 0.3) is 0 Å². The van der Waals surface area contributed by atoms with Crippen molar-refractivity contribution < 1.29 is 14.4 Å². The number of amides is 3. The molecule has 1 aromatic rings. The first-order chi connectivity index (χ1) is 13.8. The average Bonchev–Trinajstić information content (AvgIpc) is 2.66. The van der Waals surface area contributed by atoms with Gasteiger partial charge in [0.25, 0.3) is 0 Å². The first-order valence-electron chi connectivity index (χ1n) is 10.8. The highest BCUT2D eigenvalue weighted by atomic mass is 16.2. The molecule has 5 rings (SSSR count). The molecule has 0 unspecified atom stereocenters. The standard InChI is InChI=1S/C23H31N3O3/c1-14-4-3-5-15(2)21(14)26-20(28)13-24-19(27)12-25-22(29)23-9-16-6-17(10-23)8-18(7-16)11-23/h3-5,16-18H,6-13H2,1-2H3,(H,24,27)(H,25,29)(H,26,28). The molecule has 4 saturated carbocycles. The zero-order valence-electron chi connectivity index (χ0n) is 17.3. The van der Waals surface area contributed by atoms with Crippen molar-refractivity contribution in [1.82, 2.24) is 10.6 Å². The van der Waals surface area contributed by atoms with E-state index in [1.165, 1.54) is 19.3 Å². The summed E-state index contributed by atoms with van der Waals surface area (Å²) in [6.45, 7) is 3.68. The monoisotopic (exact) mass is 397 g/mol. The van der Waals surface area contributed by atoms with Crippen molar-refractivity contribution in [2.75, 3.05) is 18.4 Å². The van der Waals surface area contributed by atoms with Crippen LogP contribution in [0.5, 0.6) is 0 Å². The maximum Gasteiger partial charge on any atom is 0.243 e. The predicted molar refractivity (Wildman–Crippen MR) is 111 cm³/mol. The number of anilines is 1. The molecule has 4 aliphatic carbocycles. The molecule has 29 heavy (non-hydrogen) atoms. The number of carbonyl (C=O) groups excluding carboxylic acids is 3. The van der Waals surface area contributed by atoms with Crippen LogP contribution >= 0.6 is 0 Å². The number of hydrogen-bond acceptors (Lipinski definition) is 3. The van der Waals surface area contributed by atoms with E-state index >= 15 is 0 Å². The summed E-state index contributed by atoms with van der Waals surface area (Å²) in [7, 11) is 0. The number of rotatable bonds is 6. The second-order valence-electron chi connectivity index (χ2n) is 9.47. The van der Waals surface area contributed by atoms with Gasteiger partial charge in [-0.2, -0.15) is 0 Å². The Hall–Kier alpha value is -2.37. The number of para-hydroxylation sites is 1. The van der Waals surface area contributed by atoms with E-state index in [9.17, 15) is 14.4 Å². The van der Waals surface area contributed by atoms with Gasteiger partial charge >= 0.3 is 0 Å². The Morgan fingerprint density at radius 1 is 0.862 bits per heavy atom. The van der Waals surface area contributed by atoms with Gasteiger partial charge in [-0.15, -0.1) is 0 Å². The van der Waals surface area contributed by atoms with Gasteiger partial charge in [-0.25, -0.2) is 0 Å². The summed E-state index contributed by atoms with van der Waals surface area (Å²) < 4.78 is 0. The van der Waals surface area contributed by atoms with Crippen LogP contribution in [0.4, 0.5) is 5.69 Å². The van der Waals surface area contributed by atoms with Crippen LogP contribution in [-0.2, 0) is 14.4 Å². The number of carbonyl (C=O) groups is 3. The third-order valence-corrected chi connectivity index (χ3v) is 7.12. The van der Waals surface area contributed by atoms with Crippen molar-refractivity contribution in [2.24, 2.45) is 23.2 Å². The van der Waals surface area contributed by atoms with Crippen molar-refractivity contribution in [2.45, 2.75) is 52.4 Å². The van der Waals surface area contributed by atoms with Gasteiger partial charge in [0.15, 0.2) is 0 Å². The summed E-state index contributed by atoms with van der Waals surface area (Å²) in [4.78, 5) is 37.2.